The summed E-state index contributed by atoms with van der Waals surface area (Å²) in [6, 6.07) is 15.6. The third-order valence-electron chi connectivity index (χ3n) is 5.37. The Bertz CT molecular complexity index is 1180. The van der Waals surface area contributed by atoms with E-state index in [9.17, 15) is 4.79 Å². The molecule has 8 heteroatoms. The Kier molecular flexibility index (Phi) is 5.75. The lowest BCUT2D eigenvalue weighted by Gasteiger charge is -2.26. The Morgan fingerprint density at radius 3 is 2.87 bits per heavy atom. The number of carbonyl (C=O) groups excluding carboxylic acids is 1. The van der Waals surface area contributed by atoms with Crippen LogP contribution in [-0.4, -0.2) is 64.8 Å². The molecule has 1 fully saturated rings. The number of ether oxygens (including phenoxy) is 1. The predicted octanol–water partition coefficient (Wildman–Crippen LogP) is 3.19. The summed E-state index contributed by atoms with van der Waals surface area (Å²) >= 11 is 1.65. The number of nitrogens with one attached hydrogen (secondary N) is 1. The summed E-state index contributed by atoms with van der Waals surface area (Å²) < 4.78 is 7.20. The monoisotopic (exact) mass is 433 g/mol. The minimum absolute atomic E-state index is 0.0730. The van der Waals surface area contributed by atoms with Crippen LogP contribution in [0.2, 0.25) is 0 Å². The molecule has 1 amide bonds. The first-order valence-corrected chi connectivity index (χ1v) is 11.2. The maximum Gasteiger partial charge on any atom is 0.251 e. The second kappa shape index (κ2) is 8.97. The minimum atomic E-state index is -0.0730. The second-order valence-electron chi connectivity index (χ2n) is 7.40. The van der Waals surface area contributed by atoms with Crippen molar-refractivity contribution in [1.82, 2.24) is 24.8 Å². The Labute approximate surface area is 184 Å². The van der Waals surface area contributed by atoms with E-state index in [2.05, 4.69) is 21.3 Å². The van der Waals surface area contributed by atoms with Crippen LogP contribution in [0.3, 0.4) is 0 Å². The molecule has 31 heavy (non-hydrogen) atoms. The van der Waals surface area contributed by atoms with Crippen molar-refractivity contribution >= 4 is 22.9 Å². The van der Waals surface area contributed by atoms with Gasteiger partial charge in [0.2, 0.25) is 0 Å². The molecular formula is C23H23N5O2S. The van der Waals surface area contributed by atoms with E-state index in [1.54, 1.807) is 17.5 Å². The van der Waals surface area contributed by atoms with Gasteiger partial charge in [-0.2, -0.15) is 5.10 Å². The molecule has 0 atom stereocenters. The molecule has 4 aromatic rings. The van der Waals surface area contributed by atoms with Crippen LogP contribution in [0.15, 0.2) is 60.1 Å². The Hall–Kier alpha value is -3.07. The molecule has 0 spiro atoms. The average molecular weight is 434 g/mol. The third-order valence-corrected chi connectivity index (χ3v) is 6.27. The Morgan fingerprint density at radius 1 is 1.13 bits per heavy atom. The van der Waals surface area contributed by atoms with Gasteiger partial charge in [-0.1, -0.05) is 18.2 Å². The topological polar surface area (TPSA) is 71.8 Å². The fourth-order valence-electron chi connectivity index (χ4n) is 3.70. The van der Waals surface area contributed by atoms with Crippen LogP contribution in [-0.2, 0) is 4.74 Å². The molecule has 1 aliphatic heterocycles. The van der Waals surface area contributed by atoms with E-state index >= 15 is 0 Å². The summed E-state index contributed by atoms with van der Waals surface area (Å²) in [5.74, 6) is -0.0730. The number of morpholine rings is 1. The molecule has 7 nitrogen and oxygen atoms in total. The van der Waals surface area contributed by atoms with Gasteiger partial charge in [-0.3, -0.25) is 9.69 Å². The molecule has 1 N–H and O–H groups in total. The van der Waals surface area contributed by atoms with Gasteiger partial charge in [0.1, 0.15) is 5.69 Å². The van der Waals surface area contributed by atoms with E-state index in [-0.39, 0.29) is 5.91 Å². The summed E-state index contributed by atoms with van der Waals surface area (Å²) in [6.45, 7) is 4.80. The molecule has 0 unspecified atom stereocenters. The number of hydrogen-bond acceptors (Lipinski definition) is 6. The van der Waals surface area contributed by atoms with E-state index in [1.807, 2.05) is 52.4 Å². The van der Waals surface area contributed by atoms with Crippen LogP contribution in [0.5, 0.6) is 0 Å². The van der Waals surface area contributed by atoms with Gasteiger partial charge < -0.3 is 10.1 Å². The van der Waals surface area contributed by atoms with Gasteiger partial charge in [0.25, 0.3) is 5.91 Å². The fourth-order valence-corrected chi connectivity index (χ4v) is 4.39. The van der Waals surface area contributed by atoms with Gasteiger partial charge in [0.05, 0.1) is 30.0 Å². The fraction of sp³-hybridized carbons (Fsp3) is 0.261. The lowest BCUT2D eigenvalue weighted by atomic mass is 10.1. The van der Waals surface area contributed by atoms with E-state index < -0.39 is 0 Å². The number of fused-ring (bicyclic) bond motifs is 1. The zero-order chi connectivity index (χ0) is 21.0. The third kappa shape index (κ3) is 4.36. The van der Waals surface area contributed by atoms with Crippen LogP contribution in [0, 0.1) is 0 Å². The standard InChI is InChI=1S/C23H23N5O2S/c29-23(24-8-9-27-10-12-30-13-11-27)18-4-1-3-17(15-18)20-16-25-22-7-6-19(26-28(20)22)21-5-2-14-31-21/h1-7,14-16H,8-13H2,(H,24,29). The maximum absolute atomic E-state index is 12.7. The SMILES string of the molecule is O=C(NCCN1CCOCC1)c1cccc(-c2cnc3ccc(-c4cccs4)nn23)c1. The zero-order valence-electron chi connectivity index (χ0n) is 17.0. The molecule has 4 heterocycles. The first-order valence-electron chi connectivity index (χ1n) is 10.4. The molecule has 3 aromatic heterocycles. The van der Waals surface area contributed by atoms with Crippen LogP contribution in [0.25, 0.3) is 27.5 Å². The predicted molar refractivity (Wildman–Crippen MR) is 121 cm³/mol. The van der Waals surface area contributed by atoms with Crippen LogP contribution >= 0.6 is 11.3 Å². The number of imidazole rings is 1. The zero-order valence-corrected chi connectivity index (χ0v) is 17.8. The summed E-state index contributed by atoms with van der Waals surface area (Å²) in [4.78, 5) is 20.6. The van der Waals surface area contributed by atoms with Gasteiger partial charge >= 0.3 is 0 Å². The molecule has 1 aromatic carbocycles. The van der Waals surface area contributed by atoms with Crippen LogP contribution in [0.1, 0.15) is 10.4 Å². The number of nitrogens with zero attached hydrogens (tertiary/aromatic N) is 4. The highest BCUT2D eigenvalue weighted by molar-refractivity contribution is 7.13. The number of carbonyl (C=O) groups is 1. The molecular weight excluding hydrogens is 410 g/mol. The summed E-state index contributed by atoms with van der Waals surface area (Å²) in [5.41, 5.74) is 4.07. The van der Waals surface area contributed by atoms with Crippen molar-refractivity contribution in [3.05, 3.63) is 65.7 Å². The van der Waals surface area contributed by atoms with Crippen molar-refractivity contribution in [3.63, 3.8) is 0 Å². The van der Waals surface area contributed by atoms with E-state index in [0.29, 0.717) is 12.1 Å². The number of hydrogen-bond donors (Lipinski definition) is 1. The molecule has 1 aliphatic rings. The molecule has 0 bridgehead atoms. The number of aromatic nitrogens is 3. The number of rotatable bonds is 6. The van der Waals surface area contributed by atoms with E-state index in [4.69, 9.17) is 9.84 Å². The second-order valence-corrected chi connectivity index (χ2v) is 8.35. The highest BCUT2D eigenvalue weighted by Gasteiger charge is 2.13. The van der Waals surface area contributed by atoms with Crippen molar-refractivity contribution in [2.75, 3.05) is 39.4 Å². The van der Waals surface area contributed by atoms with Crippen molar-refractivity contribution in [1.29, 1.82) is 0 Å². The van der Waals surface area contributed by atoms with Gasteiger partial charge in [-0.15, -0.1) is 11.3 Å². The highest BCUT2D eigenvalue weighted by Crippen LogP contribution is 2.26. The van der Waals surface area contributed by atoms with Crippen LogP contribution in [0.4, 0.5) is 0 Å². The number of benzene rings is 1. The maximum atomic E-state index is 12.7. The lowest BCUT2D eigenvalue weighted by molar-refractivity contribution is 0.0383. The van der Waals surface area contributed by atoms with Gasteiger partial charge in [-0.25, -0.2) is 9.50 Å². The molecule has 0 radical (unpaired) electrons. The normalized spacial score (nSPS) is 14.7. The first kappa shape index (κ1) is 19.9. The number of amides is 1. The van der Waals surface area contributed by atoms with Crippen molar-refractivity contribution in [2.45, 2.75) is 0 Å². The Morgan fingerprint density at radius 2 is 2.03 bits per heavy atom. The van der Waals surface area contributed by atoms with Crippen molar-refractivity contribution < 1.29 is 9.53 Å². The minimum Gasteiger partial charge on any atom is -0.379 e. The summed E-state index contributed by atoms with van der Waals surface area (Å²) in [5, 5.41) is 9.84. The smallest absolute Gasteiger partial charge is 0.251 e. The molecule has 0 aliphatic carbocycles. The Balaban J connectivity index is 1.34. The lowest BCUT2D eigenvalue weighted by Crippen LogP contribution is -2.41. The number of thiophene rings is 1. The molecule has 158 valence electrons. The van der Waals surface area contributed by atoms with Crippen molar-refractivity contribution in [3.8, 4) is 21.8 Å². The van der Waals surface area contributed by atoms with Crippen LogP contribution < -0.4 is 5.32 Å². The average Bonchev–Trinajstić information content (AvgIpc) is 3.50. The first-order chi connectivity index (χ1) is 15.3. The van der Waals surface area contributed by atoms with Gasteiger partial charge in [0.15, 0.2) is 5.65 Å². The van der Waals surface area contributed by atoms with Gasteiger partial charge in [-0.05, 0) is 35.7 Å². The summed E-state index contributed by atoms with van der Waals surface area (Å²) in [6.07, 6.45) is 1.80. The van der Waals surface area contributed by atoms with Gasteiger partial charge in [0, 0.05) is 37.3 Å². The largest absolute Gasteiger partial charge is 0.379 e. The molecule has 0 saturated carbocycles. The van der Waals surface area contributed by atoms with E-state index in [1.165, 1.54) is 0 Å². The quantitative estimate of drug-likeness (QED) is 0.506. The highest BCUT2D eigenvalue weighted by atomic mass is 32.1. The molecule has 5 rings (SSSR count). The summed E-state index contributed by atoms with van der Waals surface area (Å²) in [7, 11) is 0. The van der Waals surface area contributed by atoms with Crippen molar-refractivity contribution in [2.24, 2.45) is 0 Å². The molecule has 1 saturated heterocycles. The van der Waals surface area contributed by atoms with E-state index in [0.717, 1.165) is 60.3 Å².